The van der Waals surface area contributed by atoms with Crippen LogP contribution < -0.4 is 10.2 Å². The molecule has 4 rings (SSSR count). The maximum absolute atomic E-state index is 13.8. The molecule has 2 aromatic rings. The summed E-state index contributed by atoms with van der Waals surface area (Å²) < 4.78 is 51.6. The lowest BCUT2D eigenvalue weighted by molar-refractivity contribution is -0.169. The van der Waals surface area contributed by atoms with Crippen molar-refractivity contribution in [1.82, 2.24) is 9.97 Å². The van der Waals surface area contributed by atoms with Crippen molar-refractivity contribution < 1.29 is 22.6 Å². The number of piperidine rings is 1. The summed E-state index contributed by atoms with van der Waals surface area (Å²) in [5.74, 6) is -3.61. The van der Waals surface area contributed by atoms with Crippen molar-refractivity contribution in [3.63, 3.8) is 0 Å². The fourth-order valence-corrected chi connectivity index (χ4v) is 3.21. The van der Waals surface area contributed by atoms with Gasteiger partial charge in [-0.05, 0) is 12.1 Å². The fraction of sp³-hybridized carbons (Fsp3) is 0.412. The van der Waals surface area contributed by atoms with Crippen molar-refractivity contribution >= 4 is 17.3 Å². The Balaban J connectivity index is 1.48. The minimum atomic E-state index is -1.53. The first-order chi connectivity index (χ1) is 12.6. The Morgan fingerprint density at radius 1 is 1.00 bits per heavy atom. The first-order valence-corrected chi connectivity index (χ1v) is 8.32. The van der Waals surface area contributed by atoms with Crippen molar-refractivity contribution in [3.05, 3.63) is 42.0 Å². The lowest BCUT2D eigenvalue weighted by Gasteiger charge is -2.38. The summed E-state index contributed by atoms with van der Waals surface area (Å²) in [6.45, 7) is 2.61. The van der Waals surface area contributed by atoms with Gasteiger partial charge in [-0.3, -0.25) is 0 Å². The van der Waals surface area contributed by atoms with Gasteiger partial charge in [-0.15, -0.1) is 0 Å². The number of aromatic nitrogens is 2. The SMILES string of the molecule is Fc1ccc(Nc2cc(N3CCC4(CC3)OCCO4)ncn2)c(F)c1F. The van der Waals surface area contributed by atoms with Crippen molar-refractivity contribution in [3.8, 4) is 0 Å². The van der Waals surface area contributed by atoms with Gasteiger partial charge in [0.1, 0.15) is 18.0 Å². The van der Waals surface area contributed by atoms with Gasteiger partial charge in [0.2, 0.25) is 0 Å². The molecule has 0 atom stereocenters. The fourth-order valence-electron chi connectivity index (χ4n) is 3.21. The van der Waals surface area contributed by atoms with Gasteiger partial charge in [-0.25, -0.2) is 23.1 Å². The van der Waals surface area contributed by atoms with Crippen molar-refractivity contribution in [2.75, 3.05) is 36.5 Å². The zero-order valence-electron chi connectivity index (χ0n) is 13.8. The minimum absolute atomic E-state index is 0.195. The van der Waals surface area contributed by atoms with Crippen LogP contribution in [0.5, 0.6) is 0 Å². The number of hydrogen-bond acceptors (Lipinski definition) is 6. The van der Waals surface area contributed by atoms with Crippen molar-refractivity contribution in [2.45, 2.75) is 18.6 Å². The van der Waals surface area contributed by atoms with E-state index in [1.54, 1.807) is 6.07 Å². The van der Waals surface area contributed by atoms with E-state index in [0.717, 1.165) is 25.0 Å². The van der Waals surface area contributed by atoms with Crippen molar-refractivity contribution in [1.29, 1.82) is 0 Å². The number of nitrogens with one attached hydrogen (secondary N) is 1. The highest BCUT2D eigenvalue weighted by Gasteiger charge is 2.40. The summed E-state index contributed by atoms with van der Waals surface area (Å²) in [6.07, 6.45) is 2.78. The van der Waals surface area contributed by atoms with E-state index in [4.69, 9.17) is 9.47 Å². The molecule has 3 heterocycles. The Morgan fingerprint density at radius 3 is 2.46 bits per heavy atom. The molecule has 0 saturated carbocycles. The number of rotatable bonds is 3. The van der Waals surface area contributed by atoms with Crippen molar-refractivity contribution in [2.24, 2.45) is 0 Å². The second-order valence-corrected chi connectivity index (χ2v) is 6.20. The average Bonchev–Trinajstić information content (AvgIpc) is 3.11. The van der Waals surface area contributed by atoms with E-state index in [1.807, 2.05) is 4.90 Å². The van der Waals surface area contributed by atoms with E-state index in [0.29, 0.717) is 32.1 Å². The van der Waals surface area contributed by atoms with Crippen LogP contribution in [-0.2, 0) is 9.47 Å². The predicted molar refractivity (Wildman–Crippen MR) is 87.7 cm³/mol. The maximum atomic E-state index is 13.8. The lowest BCUT2D eigenvalue weighted by Crippen LogP contribution is -2.45. The summed E-state index contributed by atoms with van der Waals surface area (Å²) in [6, 6.07) is 3.61. The highest BCUT2D eigenvalue weighted by molar-refractivity contribution is 5.60. The standard InChI is InChI=1S/C17H17F3N4O2/c18-11-1-2-12(16(20)15(11)19)23-13-9-14(22-10-21-13)24-5-3-17(4-6-24)25-7-8-26-17/h1-2,9-10H,3-8H2,(H,21,22,23). The molecule has 0 aliphatic carbocycles. The maximum Gasteiger partial charge on any atom is 0.196 e. The molecule has 0 radical (unpaired) electrons. The Labute approximate surface area is 148 Å². The van der Waals surface area contributed by atoms with E-state index in [2.05, 4.69) is 15.3 Å². The van der Waals surface area contributed by atoms with Gasteiger partial charge in [0, 0.05) is 32.0 Å². The Kier molecular flexibility index (Phi) is 4.41. The molecular weight excluding hydrogens is 349 g/mol. The molecule has 2 aliphatic rings. The van der Waals surface area contributed by atoms with Crippen LogP contribution in [0, 0.1) is 17.5 Å². The molecule has 1 N–H and O–H groups in total. The first kappa shape index (κ1) is 17.0. The van der Waals surface area contributed by atoms with Crippen LogP contribution in [0.2, 0.25) is 0 Å². The minimum Gasteiger partial charge on any atom is -0.356 e. The molecule has 9 heteroatoms. The molecule has 0 bridgehead atoms. The van der Waals surface area contributed by atoms with Crippen LogP contribution in [0.4, 0.5) is 30.5 Å². The van der Waals surface area contributed by atoms with Crippen LogP contribution in [-0.4, -0.2) is 42.1 Å². The van der Waals surface area contributed by atoms with Crippen LogP contribution >= 0.6 is 0 Å². The predicted octanol–water partition coefficient (Wildman–Crippen LogP) is 2.98. The molecule has 2 fully saturated rings. The first-order valence-electron chi connectivity index (χ1n) is 8.32. The third kappa shape index (κ3) is 3.19. The van der Waals surface area contributed by atoms with Gasteiger partial charge in [0.25, 0.3) is 0 Å². The highest BCUT2D eigenvalue weighted by atomic mass is 19.2. The van der Waals surface area contributed by atoms with Crippen LogP contribution in [0.25, 0.3) is 0 Å². The number of anilines is 3. The normalized spacial score (nSPS) is 19.1. The number of benzene rings is 1. The molecule has 1 spiro atoms. The molecular formula is C17H17F3N4O2. The smallest absolute Gasteiger partial charge is 0.196 e. The van der Waals surface area contributed by atoms with Crippen LogP contribution in [0.15, 0.2) is 24.5 Å². The van der Waals surface area contributed by atoms with E-state index in [1.165, 1.54) is 6.33 Å². The Morgan fingerprint density at radius 2 is 1.73 bits per heavy atom. The summed E-state index contributed by atoms with van der Waals surface area (Å²) >= 11 is 0. The van der Waals surface area contributed by atoms with Crippen LogP contribution in [0.1, 0.15) is 12.8 Å². The van der Waals surface area contributed by atoms with Gasteiger partial charge in [0.05, 0.1) is 18.9 Å². The summed E-state index contributed by atoms with van der Waals surface area (Å²) in [4.78, 5) is 10.3. The van der Waals surface area contributed by atoms with Gasteiger partial charge >= 0.3 is 0 Å². The molecule has 6 nitrogen and oxygen atoms in total. The monoisotopic (exact) mass is 366 g/mol. The highest BCUT2D eigenvalue weighted by Crippen LogP contribution is 2.33. The molecule has 138 valence electrons. The van der Waals surface area contributed by atoms with Gasteiger partial charge < -0.3 is 19.7 Å². The summed E-state index contributed by atoms with van der Waals surface area (Å²) in [5.41, 5.74) is -0.195. The molecule has 1 aromatic carbocycles. The van der Waals surface area contributed by atoms with Gasteiger partial charge in [0.15, 0.2) is 23.2 Å². The summed E-state index contributed by atoms with van der Waals surface area (Å²) in [5, 5.41) is 2.66. The van der Waals surface area contributed by atoms with E-state index >= 15 is 0 Å². The molecule has 2 saturated heterocycles. The Bertz CT molecular complexity index is 805. The molecule has 2 aliphatic heterocycles. The molecule has 26 heavy (non-hydrogen) atoms. The van der Waals surface area contributed by atoms with E-state index in [-0.39, 0.29) is 11.5 Å². The average molecular weight is 366 g/mol. The molecule has 1 aromatic heterocycles. The lowest BCUT2D eigenvalue weighted by atomic mass is 10.0. The van der Waals surface area contributed by atoms with Crippen LogP contribution in [0.3, 0.4) is 0 Å². The number of ether oxygens (including phenoxy) is 2. The third-order valence-electron chi connectivity index (χ3n) is 4.61. The summed E-state index contributed by atoms with van der Waals surface area (Å²) in [7, 11) is 0. The quantitative estimate of drug-likeness (QED) is 0.843. The van der Waals surface area contributed by atoms with Gasteiger partial charge in [-0.2, -0.15) is 0 Å². The molecule has 0 amide bonds. The Hall–Kier alpha value is -2.39. The zero-order chi connectivity index (χ0) is 18.1. The topological polar surface area (TPSA) is 59.5 Å². The number of nitrogens with zero attached hydrogens (tertiary/aromatic N) is 3. The second-order valence-electron chi connectivity index (χ2n) is 6.20. The van der Waals surface area contributed by atoms with E-state index < -0.39 is 23.2 Å². The number of hydrogen-bond donors (Lipinski definition) is 1. The van der Waals surface area contributed by atoms with Gasteiger partial charge in [-0.1, -0.05) is 0 Å². The molecule has 0 unspecified atom stereocenters. The third-order valence-corrected chi connectivity index (χ3v) is 4.61. The van der Waals surface area contributed by atoms with E-state index in [9.17, 15) is 13.2 Å². The second kappa shape index (κ2) is 6.73. The largest absolute Gasteiger partial charge is 0.356 e. The zero-order valence-corrected chi connectivity index (χ0v) is 13.8. The number of halogens is 3.